The number of carbonyl (C=O) groups is 3. The fourth-order valence-corrected chi connectivity index (χ4v) is 4.73. The molecule has 9 heteroatoms. The number of rotatable bonds is 5. The van der Waals surface area contributed by atoms with Crippen LogP contribution < -0.4 is 20.3 Å². The molecule has 3 aromatic rings. The van der Waals surface area contributed by atoms with Crippen LogP contribution in [0, 0.1) is 0 Å². The topological polar surface area (TPSA) is 112 Å². The van der Waals surface area contributed by atoms with Crippen molar-refractivity contribution >= 4 is 29.1 Å². The SMILES string of the molecule is COc1ccc(-n2nc(C(N)=O)c3c2C(=O)[NH+](c2ccc(N4CCCCC4=O)cc2)CC3)cc1. The van der Waals surface area contributed by atoms with E-state index in [1.165, 1.54) is 4.68 Å². The van der Waals surface area contributed by atoms with Crippen LogP contribution in [0.5, 0.6) is 5.75 Å². The minimum absolute atomic E-state index is 0.122. The number of hydrogen-bond donors (Lipinski definition) is 2. The summed E-state index contributed by atoms with van der Waals surface area (Å²) in [5.41, 5.74) is 8.92. The van der Waals surface area contributed by atoms with Crippen molar-refractivity contribution in [1.82, 2.24) is 9.78 Å². The van der Waals surface area contributed by atoms with Crippen LogP contribution >= 0.6 is 0 Å². The third-order valence-electron chi connectivity index (χ3n) is 6.50. The van der Waals surface area contributed by atoms with Crippen molar-refractivity contribution in [2.45, 2.75) is 25.7 Å². The highest BCUT2D eigenvalue weighted by Crippen LogP contribution is 2.25. The summed E-state index contributed by atoms with van der Waals surface area (Å²) in [5.74, 6) is -0.0349. The lowest BCUT2D eigenvalue weighted by molar-refractivity contribution is -0.743. The molecule has 0 spiro atoms. The lowest BCUT2D eigenvalue weighted by Crippen LogP contribution is -3.11. The number of amides is 3. The maximum Gasteiger partial charge on any atom is 0.368 e. The molecular weight excluding hydrogens is 434 g/mol. The van der Waals surface area contributed by atoms with E-state index in [0.717, 1.165) is 24.2 Å². The molecule has 0 bridgehead atoms. The average Bonchev–Trinajstić information content (AvgIpc) is 3.26. The first-order valence-corrected chi connectivity index (χ1v) is 11.4. The number of fused-ring (bicyclic) bond motifs is 1. The van der Waals surface area contributed by atoms with Crippen LogP contribution in [0.25, 0.3) is 5.69 Å². The summed E-state index contributed by atoms with van der Waals surface area (Å²) in [7, 11) is 1.58. The number of nitrogens with one attached hydrogen (secondary N) is 1. The Balaban J connectivity index is 1.49. The Bertz CT molecular complexity index is 1260. The third-order valence-corrected chi connectivity index (χ3v) is 6.50. The Kier molecular flexibility index (Phi) is 5.62. The number of nitrogens with zero attached hydrogens (tertiary/aromatic N) is 3. The molecule has 3 amide bonds. The molecule has 2 aromatic carbocycles. The molecule has 5 rings (SSSR count). The van der Waals surface area contributed by atoms with Crippen molar-refractivity contribution in [2.75, 3.05) is 25.1 Å². The lowest BCUT2D eigenvalue weighted by atomic mass is 10.0. The number of quaternary nitrogens is 1. The number of primary amides is 1. The summed E-state index contributed by atoms with van der Waals surface area (Å²) in [6.07, 6.45) is 2.97. The Morgan fingerprint density at radius 3 is 2.35 bits per heavy atom. The van der Waals surface area contributed by atoms with Crippen LogP contribution in [-0.4, -0.2) is 47.7 Å². The maximum absolute atomic E-state index is 13.7. The summed E-state index contributed by atoms with van der Waals surface area (Å²) in [6.45, 7) is 1.19. The largest absolute Gasteiger partial charge is 0.497 e. The molecule has 1 atom stereocenters. The van der Waals surface area contributed by atoms with Gasteiger partial charge in [-0.2, -0.15) is 5.10 Å². The first-order valence-electron chi connectivity index (χ1n) is 11.4. The van der Waals surface area contributed by atoms with Gasteiger partial charge in [0.15, 0.2) is 11.4 Å². The highest BCUT2D eigenvalue weighted by Gasteiger charge is 2.38. The molecule has 0 saturated carbocycles. The van der Waals surface area contributed by atoms with Crippen LogP contribution in [0.2, 0.25) is 0 Å². The Hall–Kier alpha value is -3.98. The number of ether oxygens (including phenoxy) is 1. The zero-order valence-corrected chi connectivity index (χ0v) is 18.9. The molecule has 1 saturated heterocycles. The second-order valence-electron chi connectivity index (χ2n) is 8.51. The predicted molar refractivity (Wildman–Crippen MR) is 125 cm³/mol. The van der Waals surface area contributed by atoms with Gasteiger partial charge in [-0.1, -0.05) is 0 Å². The van der Waals surface area contributed by atoms with E-state index in [0.29, 0.717) is 53.5 Å². The maximum atomic E-state index is 13.7. The number of anilines is 1. The predicted octanol–water partition coefficient (Wildman–Crippen LogP) is 1.41. The van der Waals surface area contributed by atoms with E-state index in [-0.39, 0.29) is 17.5 Å². The third kappa shape index (κ3) is 3.73. The van der Waals surface area contributed by atoms with E-state index in [9.17, 15) is 14.4 Å². The van der Waals surface area contributed by atoms with Gasteiger partial charge in [-0.25, -0.2) is 14.4 Å². The van der Waals surface area contributed by atoms with Crippen LogP contribution in [0.15, 0.2) is 48.5 Å². The second-order valence-corrected chi connectivity index (χ2v) is 8.51. The molecule has 1 unspecified atom stereocenters. The quantitative estimate of drug-likeness (QED) is 0.598. The number of piperidine rings is 1. The zero-order valence-electron chi connectivity index (χ0n) is 18.9. The van der Waals surface area contributed by atoms with Gasteiger partial charge >= 0.3 is 5.91 Å². The van der Waals surface area contributed by atoms with Crippen LogP contribution in [0.3, 0.4) is 0 Å². The van der Waals surface area contributed by atoms with E-state index < -0.39 is 5.91 Å². The Morgan fingerprint density at radius 2 is 1.71 bits per heavy atom. The molecule has 174 valence electrons. The number of nitrogens with two attached hydrogens (primary N) is 1. The number of benzene rings is 2. The molecule has 0 radical (unpaired) electrons. The highest BCUT2D eigenvalue weighted by atomic mass is 16.5. The van der Waals surface area contributed by atoms with Crippen LogP contribution in [0.4, 0.5) is 11.4 Å². The zero-order chi connectivity index (χ0) is 23.8. The number of aromatic nitrogens is 2. The Morgan fingerprint density at radius 1 is 1.00 bits per heavy atom. The van der Waals surface area contributed by atoms with E-state index in [1.54, 1.807) is 36.3 Å². The average molecular weight is 461 g/mol. The number of hydrogen-bond acceptors (Lipinski definition) is 5. The van der Waals surface area contributed by atoms with Gasteiger partial charge in [-0.15, -0.1) is 0 Å². The van der Waals surface area contributed by atoms with Crippen molar-refractivity contribution in [2.24, 2.45) is 5.73 Å². The molecule has 1 aromatic heterocycles. The molecule has 0 aliphatic carbocycles. The fourth-order valence-electron chi connectivity index (χ4n) is 4.73. The summed E-state index contributed by atoms with van der Waals surface area (Å²) in [6, 6.07) is 14.7. The van der Waals surface area contributed by atoms with Crippen LogP contribution in [0.1, 0.15) is 45.8 Å². The van der Waals surface area contributed by atoms with E-state index in [1.807, 2.05) is 24.3 Å². The first-order chi connectivity index (χ1) is 16.5. The van der Waals surface area contributed by atoms with Gasteiger partial charge in [0.25, 0.3) is 5.91 Å². The van der Waals surface area contributed by atoms with Crippen molar-refractivity contribution in [1.29, 1.82) is 0 Å². The molecule has 2 aliphatic heterocycles. The summed E-state index contributed by atoms with van der Waals surface area (Å²) >= 11 is 0. The van der Waals surface area contributed by atoms with Gasteiger partial charge in [-0.05, 0) is 49.2 Å². The summed E-state index contributed by atoms with van der Waals surface area (Å²) < 4.78 is 6.71. The molecule has 3 N–H and O–H groups in total. The minimum Gasteiger partial charge on any atom is -0.497 e. The van der Waals surface area contributed by atoms with Crippen molar-refractivity contribution in [3.05, 3.63) is 65.5 Å². The van der Waals surface area contributed by atoms with Gasteiger partial charge in [-0.3, -0.25) is 9.59 Å². The van der Waals surface area contributed by atoms with E-state index in [4.69, 9.17) is 10.5 Å². The summed E-state index contributed by atoms with van der Waals surface area (Å²) in [5, 5.41) is 4.40. The monoisotopic (exact) mass is 460 g/mol. The molecule has 34 heavy (non-hydrogen) atoms. The van der Waals surface area contributed by atoms with Crippen molar-refractivity contribution < 1.29 is 24.0 Å². The lowest BCUT2D eigenvalue weighted by Gasteiger charge is -2.27. The fraction of sp³-hybridized carbons (Fsp3) is 0.280. The van der Waals surface area contributed by atoms with Gasteiger partial charge in [0.05, 0.1) is 19.3 Å². The molecule has 1 fully saturated rings. The van der Waals surface area contributed by atoms with Crippen molar-refractivity contribution in [3.8, 4) is 11.4 Å². The van der Waals surface area contributed by atoms with Gasteiger partial charge < -0.3 is 15.4 Å². The van der Waals surface area contributed by atoms with Crippen molar-refractivity contribution in [3.63, 3.8) is 0 Å². The van der Waals surface area contributed by atoms with E-state index in [2.05, 4.69) is 5.10 Å². The molecule has 3 heterocycles. The standard InChI is InChI=1S/C25H25N5O4/c1-34-19-11-9-18(10-12-19)30-23-20(22(27-30)24(26)32)13-15-29(25(23)33)17-7-5-16(6-8-17)28-14-3-2-4-21(28)31/h5-12H,2-4,13-15H2,1H3,(H2,26,32)/p+1. The normalized spacial score (nSPS) is 18.0. The molecular formula is C25H26N5O4+. The first kappa shape index (κ1) is 21.8. The van der Waals surface area contributed by atoms with Gasteiger partial charge in [0.2, 0.25) is 5.91 Å². The molecule has 2 aliphatic rings. The second kappa shape index (κ2) is 8.75. The van der Waals surface area contributed by atoms with Gasteiger partial charge in [0.1, 0.15) is 11.4 Å². The molecule has 9 nitrogen and oxygen atoms in total. The highest BCUT2D eigenvalue weighted by molar-refractivity contribution is 5.98. The number of carbonyl (C=O) groups excluding carboxylic acids is 3. The smallest absolute Gasteiger partial charge is 0.368 e. The minimum atomic E-state index is -0.657. The summed E-state index contributed by atoms with van der Waals surface area (Å²) in [4.78, 5) is 40.4. The van der Waals surface area contributed by atoms with Crippen LogP contribution in [-0.2, 0) is 11.2 Å². The van der Waals surface area contributed by atoms with Gasteiger partial charge in [0, 0.05) is 42.8 Å². The Labute approximate surface area is 196 Å². The van der Waals surface area contributed by atoms with E-state index >= 15 is 0 Å². The number of methoxy groups -OCH3 is 1.